The van der Waals surface area contributed by atoms with Crippen molar-refractivity contribution < 1.29 is 29.0 Å². The Morgan fingerprint density at radius 3 is 1.80 bits per heavy atom. The number of urea groups is 1. The molecule has 8 heteroatoms. The Morgan fingerprint density at radius 1 is 0.829 bits per heavy atom. The number of aryl methyl sites for hydroxylation is 2. The Morgan fingerprint density at radius 2 is 1.34 bits per heavy atom. The van der Waals surface area contributed by atoms with E-state index in [1.54, 1.807) is 62.4 Å². The number of para-hydroxylation sites is 2. The van der Waals surface area contributed by atoms with Crippen LogP contribution in [-0.2, 0) is 9.59 Å². The third-order valence-electron chi connectivity index (χ3n) is 5.73. The number of barbiturate groups is 1. The van der Waals surface area contributed by atoms with Crippen molar-refractivity contribution in [2.24, 2.45) is 0 Å². The number of carboxylic acid groups (broad SMARTS) is 1. The number of amides is 4. The van der Waals surface area contributed by atoms with Gasteiger partial charge in [-0.1, -0.05) is 42.5 Å². The molecule has 1 heterocycles. The highest BCUT2D eigenvalue weighted by atomic mass is 16.5. The van der Waals surface area contributed by atoms with E-state index < -0.39 is 23.8 Å². The van der Waals surface area contributed by atoms with Crippen molar-refractivity contribution in [2.45, 2.75) is 13.8 Å². The molecule has 176 valence electrons. The van der Waals surface area contributed by atoms with Crippen molar-refractivity contribution in [1.82, 2.24) is 0 Å². The van der Waals surface area contributed by atoms with Crippen LogP contribution in [0.4, 0.5) is 16.2 Å². The van der Waals surface area contributed by atoms with Crippen LogP contribution in [0.5, 0.6) is 5.75 Å². The van der Waals surface area contributed by atoms with Crippen LogP contribution < -0.4 is 14.5 Å². The highest BCUT2D eigenvalue weighted by molar-refractivity contribution is 6.46. The molecule has 0 radical (unpaired) electrons. The largest absolute Gasteiger partial charge is 0.496 e. The quantitative estimate of drug-likeness (QED) is 0.432. The van der Waals surface area contributed by atoms with Crippen LogP contribution in [0.1, 0.15) is 27.0 Å². The molecule has 0 aromatic heterocycles. The zero-order valence-electron chi connectivity index (χ0n) is 19.3. The smallest absolute Gasteiger partial charge is 0.343 e. The molecule has 4 rings (SSSR count). The number of carboxylic acids is 1. The summed E-state index contributed by atoms with van der Waals surface area (Å²) >= 11 is 0. The molecule has 0 saturated carbocycles. The predicted molar refractivity (Wildman–Crippen MR) is 131 cm³/mol. The van der Waals surface area contributed by atoms with E-state index in [2.05, 4.69) is 0 Å². The van der Waals surface area contributed by atoms with Crippen LogP contribution in [0.2, 0.25) is 0 Å². The summed E-state index contributed by atoms with van der Waals surface area (Å²) < 4.78 is 5.09. The van der Waals surface area contributed by atoms with Crippen LogP contribution in [0.3, 0.4) is 0 Å². The summed E-state index contributed by atoms with van der Waals surface area (Å²) in [6.45, 7) is 3.52. The summed E-state index contributed by atoms with van der Waals surface area (Å²) in [6.07, 6.45) is 1.29. The molecule has 3 aromatic carbocycles. The van der Waals surface area contributed by atoms with Crippen LogP contribution in [0, 0.1) is 13.8 Å². The van der Waals surface area contributed by atoms with E-state index in [-0.39, 0.29) is 16.9 Å². The standard InChI is InChI=1S/C27H22N2O6/c1-16-8-4-6-10-21(16)28-24(30)20(15-18-12-13-23(35-3)19(14-18)26(32)33)25(31)29(27(28)34)22-11-7-5-9-17(22)2/h4-15H,1-3H3,(H,32,33). The van der Waals surface area contributed by atoms with E-state index in [9.17, 15) is 24.3 Å². The summed E-state index contributed by atoms with van der Waals surface area (Å²) in [5.41, 5.74) is 1.93. The van der Waals surface area contributed by atoms with Crippen molar-refractivity contribution in [1.29, 1.82) is 0 Å². The molecule has 0 unspecified atom stereocenters. The fourth-order valence-electron chi connectivity index (χ4n) is 3.93. The van der Waals surface area contributed by atoms with Gasteiger partial charge in [0.05, 0.1) is 18.5 Å². The number of hydrogen-bond donors (Lipinski definition) is 1. The van der Waals surface area contributed by atoms with E-state index in [0.717, 1.165) is 9.80 Å². The molecule has 1 saturated heterocycles. The van der Waals surface area contributed by atoms with Crippen LogP contribution in [-0.4, -0.2) is 36.0 Å². The van der Waals surface area contributed by atoms with Crippen LogP contribution in [0.15, 0.2) is 72.3 Å². The summed E-state index contributed by atoms with van der Waals surface area (Å²) in [5.74, 6) is -2.68. The van der Waals surface area contributed by atoms with E-state index in [4.69, 9.17) is 4.74 Å². The van der Waals surface area contributed by atoms with Gasteiger partial charge in [-0.25, -0.2) is 19.4 Å². The number of benzene rings is 3. The molecule has 0 spiro atoms. The SMILES string of the molecule is COc1ccc(C=C2C(=O)N(c3ccccc3C)C(=O)N(c3ccccc3C)C2=O)cc1C(=O)O. The maximum absolute atomic E-state index is 13.6. The van der Waals surface area contributed by atoms with Gasteiger partial charge in [0.2, 0.25) is 0 Å². The third-order valence-corrected chi connectivity index (χ3v) is 5.73. The molecule has 0 bridgehead atoms. The highest BCUT2D eigenvalue weighted by Gasteiger charge is 2.44. The highest BCUT2D eigenvalue weighted by Crippen LogP contribution is 2.33. The van der Waals surface area contributed by atoms with Gasteiger partial charge in [0.1, 0.15) is 16.9 Å². The number of carbonyl (C=O) groups is 4. The van der Waals surface area contributed by atoms with Gasteiger partial charge in [0.15, 0.2) is 0 Å². The van der Waals surface area contributed by atoms with E-state index in [1.807, 2.05) is 0 Å². The fraction of sp³-hybridized carbons (Fsp3) is 0.111. The molecule has 0 atom stereocenters. The normalized spacial score (nSPS) is 13.8. The number of anilines is 2. The first-order valence-electron chi connectivity index (χ1n) is 10.7. The molecule has 1 aliphatic rings. The van der Waals surface area contributed by atoms with Gasteiger partial charge in [-0.3, -0.25) is 9.59 Å². The molecular formula is C27H22N2O6. The molecule has 8 nitrogen and oxygen atoms in total. The summed E-state index contributed by atoms with van der Waals surface area (Å²) in [7, 11) is 1.35. The maximum Gasteiger partial charge on any atom is 0.343 e. The van der Waals surface area contributed by atoms with Gasteiger partial charge in [0, 0.05) is 0 Å². The van der Waals surface area contributed by atoms with E-state index >= 15 is 0 Å². The topological polar surface area (TPSA) is 104 Å². The number of methoxy groups -OCH3 is 1. The van der Waals surface area contributed by atoms with Crippen molar-refractivity contribution in [2.75, 3.05) is 16.9 Å². The second kappa shape index (κ2) is 9.26. The van der Waals surface area contributed by atoms with Gasteiger partial charge in [-0.2, -0.15) is 0 Å². The number of hydrogen-bond acceptors (Lipinski definition) is 5. The number of aromatic carboxylic acids is 1. The minimum Gasteiger partial charge on any atom is -0.496 e. The molecule has 3 aromatic rings. The minimum absolute atomic E-state index is 0.125. The zero-order valence-corrected chi connectivity index (χ0v) is 19.3. The van der Waals surface area contributed by atoms with Crippen LogP contribution >= 0.6 is 0 Å². The van der Waals surface area contributed by atoms with Gasteiger partial charge >= 0.3 is 12.0 Å². The second-order valence-corrected chi connectivity index (χ2v) is 7.96. The number of ether oxygens (including phenoxy) is 1. The first-order chi connectivity index (χ1) is 16.7. The fourth-order valence-corrected chi connectivity index (χ4v) is 3.93. The van der Waals surface area contributed by atoms with E-state index in [1.165, 1.54) is 31.4 Å². The number of rotatable bonds is 5. The van der Waals surface area contributed by atoms with Crippen molar-refractivity contribution >= 4 is 41.3 Å². The summed E-state index contributed by atoms with van der Waals surface area (Å²) in [4.78, 5) is 54.3. The molecule has 4 amide bonds. The van der Waals surface area contributed by atoms with Gasteiger partial charge in [0.25, 0.3) is 11.8 Å². The average molecular weight is 470 g/mol. The lowest BCUT2D eigenvalue weighted by Gasteiger charge is -2.35. The van der Waals surface area contributed by atoms with Crippen molar-refractivity contribution in [3.8, 4) is 5.75 Å². The van der Waals surface area contributed by atoms with Crippen molar-refractivity contribution in [3.63, 3.8) is 0 Å². The van der Waals surface area contributed by atoms with Crippen LogP contribution in [0.25, 0.3) is 6.08 Å². The Bertz CT molecular complexity index is 1340. The maximum atomic E-state index is 13.6. The first kappa shape index (κ1) is 23.4. The van der Waals surface area contributed by atoms with Crippen molar-refractivity contribution in [3.05, 3.63) is 94.6 Å². The number of imide groups is 2. The average Bonchev–Trinajstić information content (AvgIpc) is 2.84. The molecule has 1 fully saturated rings. The molecule has 0 aliphatic carbocycles. The van der Waals surface area contributed by atoms with Gasteiger partial charge < -0.3 is 9.84 Å². The number of carbonyl (C=O) groups excluding carboxylic acids is 3. The third kappa shape index (κ3) is 4.17. The Hall–Kier alpha value is -4.72. The molecule has 1 N–H and O–H groups in total. The Labute approximate surface area is 201 Å². The lowest BCUT2D eigenvalue weighted by molar-refractivity contribution is -0.121. The lowest BCUT2D eigenvalue weighted by atomic mass is 10.0. The van der Waals surface area contributed by atoms with Gasteiger partial charge in [-0.15, -0.1) is 0 Å². The van der Waals surface area contributed by atoms with E-state index in [0.29, 0.717) is 28.1 Å². The number of nitrogens with zero attached hydrogens (tertiary/aromatic N) is 2. The minimum atomic E-state index is -1.22. The lowest BCUT2D eigenvalue weighted by Crippen LogP contribution is -2.57. The predicted octanol–water partition coefficient (Wildman–Crippen LogP) is 4.59. The van der Waals surface area contributed by atoms with Gasteiger partial charge in [-0.05, 0) is 60.9 Å². The monoisotopic (exact) mass is 470 g/mol. The molecular weight excluding hydrogens is 448 g/mol. The Balaban J connectivity index is 1.92. The summed E-state index contributed by atoms with van der Waals surface area (Å²) in [5, 5.41) is 9.51. The second-order valence-electron chi connectivity index (χ2n) is 7.96. The zero-order chi connectivity index (χ0) is 25.3. The first-order valence-corrected chi connectivity index (χ1v) is 10.7. The Kier molecular flexibility index (Phi) is 6.20. The summed E-state index contributed by atoms with van der Waals surface area (Å²) in [6, 6.07) is 17.2. The molecule has 35 heavy (non-hydrogen) atoms. The molecule has 1 aliphatic heterocycles.